The van der Waals surface area contributed by atoms with Crippen LogP contribution in [0.5, 0.6) is 0 Å². The van der Waals surface area contributed by atoms with Crippen LogP contribution < -0.4 is 10.9 Å². The van der Waals surface area contributed by atoms with Gasteiger partial charge in [0, 0.05) is 41.0 Å². The van der Waals surface area contributed by atoms with Crippen molar-refractivity contribution in [3.8, 4) is 22.5 Å². The van der Waals surface area contributed by atoms with Gasteiger partial charge in [-0.1, -0.05) is 29.8 Å². The molecular formula is C21H22ClN5O. The first-order valence-corrected chi connectivity index (χ1v) is 10.2. The number of halogens is 1. The molecule has 1 saturated carbocycles. The molecule has 0 unspecified atom stereocenters. The third kappa shape index (κ3) is 3.16. The Labute approximate surface area is 168 Å². The highest BCUT2D eigenvalue weighted by Crippen LogP contribution is 2.39. The number of nitrogens with zero attached hydrogens (tertiary/aromatic N) is 4. The lowest BCUT2D eigenvalue weighted by molar-refractivity contribution is 0.123. The molecule has 6 nitrogen and oxygen atoms in total. The Morgan fingerprint density at radius 1 is 1.14 bits per heavy atom. The van der Waals surface area contributed by atoms with E-state index in [0.29, 0.717) is 5.62 Å². The number of pyridine rings is 1. The van der Waals surface area contributed by atoms with Gasteiger partial charge in [0.1, 0.15) is 11.6 Å². The molecule has 0 saturated heterocycles. The van der Waals surface area contributed by atoms with Gasteiger partial charge in [-0.15, -0.1) is 0 Å². The molecule has 3 heterocycles. The molecule has 3 aliphatic heterocycles. The summed E-state index contributed by atoms with van der Waals surface area (Å²) in [5, 5.41) is 13.9. The highest BCUT2D eigenvalue weighted by Gasteiger charge is 2.23. The second kappa shape index (κ2) is 7.18. The fraction of sp³-hybridized carbons (Fsp3) is 0.381. The fourth-order valence-electron chi connectivity index (χ4n) is 4.16. The molecule has 0 aromatic heterocycles. The predicted molar refractivity (Wildman–Crippen MR) is 109 cm³/mol. The molecule has 0 radical (unpaired) electrons. The number of aromatic nitrogens is 3. The molecule has 4 aliphatic rings. The van der Waals surface area contributed by atoms with E-state index < -0.39 is 0 Å². The topological polar surface area (TPSA) is 75.3 Å². The molecule has 7 heteroatoms. The van der Waals surface area contributed by atoms with Crippen molar-refractivity contribution in [2.24, 2.45) is 4.99 Å². The average molecular weight is 396 g/mol. The monoisotopic (exact) mass is 395 g/mol. The van der Waals surface area contributed by atoms with Crippen molar-refractivity contribution < 1.29 is 5.11 Å². The number of benzene rings is 1. The number of anilines is 1. The lowest BCUT2D eigenvalue weighted by Gasteiger charge is -2.22. The third-order valence-corrected chi connectivity index (χ3v) is 5.95. The minimum Gasteiger partial charge on any atom is -0.393 e. The molecule has 0 atom stereocenters. The van der Waals surface area contributed by atoms with E-state index in [2.05, 4.69) is 20.9 Å². The van der Waals surface area contributed by atoms with Gasteiger partial charge in [-0.2, -0.15) is 4.98 Å². The van der Waals surface area contributed by atoms with Crippen LogP contribution in [0.2, 0.25) is 5.02 Å². The number of hydrogen-bond acceptors (Lipinski definition) is 5. The number of nitrogens with one attached hydrogen (secondary N) is 1. The van der Waals surface area contributed by atoms with Gasteiger partial charge in [-0.3, -0.25) is 0 Å². The van der Waals surface area contributed by atoms with Crippen molar-refractivity contribution in [3.05, 3.63) is 47.2 Å². The molecule has 1 aromatic rings. The zero-order valence-electron chi connectivity index (χ0n) is 15.5. The first kappa shape index (κ1) is 17.6. The smallest absolute Gasteiger partial charge is 0.246 e. The zero-order valence-corrected chi connectivity index (χ0v) is 16.2. The Balaban J connectivity index is 1.61. The summed E-state index contributed by atoms with van der Waals surface area (Å²) in [5.41, 5.74) is 3.56. The van der Waals surface area contributed by atoms with Crippen LogP contribution in [-0.2, 0) is 6.54 Å². The molecule has 2 N–H and O–H groups in total. The van der Waals surface area contributed by atoms with E-state index >= 15 is 0 Å². The summed E-state index contributed by atoms with van der Waals surface area (Å²) in [4.78, 5) is 14.0. The number of aliphatic hydroxyl groups is 1. The Morgan fingerprint density at radius 2 is 1.96 bits per heavy atom. The van der Waals surface area contributed by atoms with Gasteiger partial charge in [0.15, 0.2) is 0 Å². The highest BCUT2D eigenvalue weighted by molar-refractivity contribution is 6.33. The van der Waals surface area contributed by atoms with E-state index in [4.69, 9.17) is 21.6 Å². The Kier molecular flexibility index (Phi) is 4.53. The summed E-state index contributed by atoms with van der Waals surface area (Å²) in [6.07, 6.45) is 5.05. The van der Waals surface area contributed by atoms with Crippen LogP contribution in [-0.4, -0.2) is 38.3 Å². The molecule has 0 spiro atoms. The normalized spacial score (nSPS) is 22.3. The Bertz CT molecular complexity index is 1050. The fourth-order valence-corrected chi connectivity index (χ4v) is 4.40. The number of hydrogen-bond donors (Lipinski definition) is 2. The standard InChI is InChI=1S/C21H22ClN5O/c22-18-4-2-1-3-16(18)17-11-13-12-24-21(25-14-5-7-15(28)8-6-14)26-19(13)27-10-9-23-20(17)27/h1-4,11-12,14-15,23,28H,5-10H2. The lowest BCUT2D eigenvalue weighted by Crippen LogP contribution is -2.25. The van der Waals surface area contributed by atoms with Gasteiger partial charge in [0.05, 0.1) is 12.1 Å². The van der Waals surface area contributed by atoms with Crippen LogP contribution in [0.4, 0.5) is 5.82 Å². The van der Waals surface area contributed by atoms with Crippen LogP contribution in [0.3, 0.4) is 0 Å². The number of aliphatic hydroxyl groups excluding tert-OH is 1. The quantitative estimate of drug-likeness (QED) is 0.697. The van der Waals surface area contributed by atoms with Crippen LogP contribution >= 0.6 is 11.6 Å². The summed E-state index contributed by atoms with van der Waals surface area (Å²) in [5.74, 6) is 1.92. The molecule has 28 heavy (non-hydrogen) atoms. The highest BCUT2D eigenvalue weighted by atomic mass is 35.5. The number of fused-ring (bicyclic) bond motifs is 3. The summed E-state index contributed by atoms with van der Waals surface area (Å²) >= 11 is 6.45. The van der Waals surface area contributed by atoms with E-state index in [1.54, 1.807) is 0 Å². The first-order chi connectivity index (χ1) is 13.7. The van der Waals surface area contributed by atoms with E-state index in [9.17, 15) is 5.11 Å². The van der Waals surface area contributed by atoms with Gasteiger partial charge in [0.25, 0.3) is 0 Å². The summed E-state index contributed by atoms with van der Waals surface area (Å²) in [6.45, 7) is 1.70. The number of rotatable bonds is 2. The first-order valence-electron chi connectivity index (χ1n) is 9.80. The second-order valence-corrected chi connectivity index (χ2v) is 7.91. The van der Waals surface area contributed by atoms with Gasteiger partial charge >= 0.3 is 0 Å². The van der Waals surface area contributed by atoms with Gasteiger partial charge in [0.2, 0.25) is 5.62 Å². The van der Waals surface area contributed by atoms with E-state index in [1.165, 1.54) is 0 Å². The molecule has 0 bridgehead atoms. The Morgan fingerprint density at radius 3 is 2.79 bits per heavy atom. The SMILES string of the molecule is OC1CCC(N=c2ncc3cc(-c4ccccc4Cl)c4n(c-3n2)CCN4)CC1. The van der Waals surface area contributed by atoms with Gasteiger partial charge < -0.3 is 15.0 Å². The van der Waals surface area contributed by atoms with E-state index in [-0.39, 0.29) is 12.1 Å². The molecule has 5 rings (SSSR count). The molecule has 1 aliphatic carbocycles. The van der Waals surface area contributed by atoms with Crippen molar-refractivity contribution >= 4 is 17.4 Å². The largest absolute Gasteiger partial charge is 0.393 e. The molecule has 1 aromatic carbocycles. The second-order valence-electron chi connectivity index (χ2n) is 7.51. The maximum Gasteiger partial charge on any atom is 0.246 e. The maximum atomic E-state index is 9.69. The van der Waals surface area contributed by atoms with Crippen LogP contribution in [0.15, 0.2) is 41.5 Å². The Hall–Kier alpha value is -2.44. The van der Waals surface area contributed by atoms with Crippen molar-refractivity contribution in [3.63, 3.8) is 0 Å². The van der Waals surface area contributed by atoms with Crippen molar-refractivity contribution in [1.29, 1.82) is 0 Å². The van der Waals surface area contributed by atoms with Crippen LogP contribution in [0, 0.1) is 0 Å². The van der Waals surface area contributed by atoms with Crippen molar-refractivity contribution in [1.82, 2.24) is 14.5 Å². The lowest BCUT2D eigenvalue weighted by atomic mass is 9.94. The van der Waals surface area contributed by atoms with Crippen molar-refractivity contribution in [2.45, 2.75) is 44.4 Å². The summed E-state index contributed by atoms with van der Waals surface area (Å²) in [6, 6.07) is 10.2. The summed E-state index contributed by atoms with van der Waals surface area (Å²) in [7, 11) is 0. The minimum atomic E-state index is -0.183. The van der Waals surface area contributed by atoms with E-state index in [1.807, 2.05) is 30.5 Å². The average Bonchev–Trinajstić information content (AvgIpc) is 3.20. The van der Waals surface area contributed by atoms with E-state index in [0.717, 1.165) is 72.1 Å². The van der Waals surface area contributed by atoms with Crippen molar-refractivity contribution in [2.75, 3.05) is 11.9 Å². The zero-order chi connectivity index (χ0) is 19.1. The van der Waals surface area contributed by atoms with Crippen LogP contribution in [0.25, 0.3) is 22.5 Å². The molecule has 0 amide bonds. The van der Waals surface area contributed by atoms with Crippen LogP contribution in [0.1, 0.15) is 25.7 Å². The third-order valence-electron chi connectivity index (χ3n) is 5.62. The van der Waals surface area contributed by atoms with Gasteiger partial charge in [-0.25, -0.2) is 9.98 Å². The molecular weight excluding hydrogens is 374 g/mol. The minimum absolute atomic E-state index is 0.183. The molecule has 1 fully saturated rings. The molecule has 144 valence electrons. The predicted octanol–water partition coefficient (Wildman–Crippen LogP) is 3.33. The van der Waals surface area contributed by atoms with Gasteiger partial charge in [-0.05, 0) is 37.8 Å². The maximum absolute atomic E-state index is 9.69. The summed E-state index contributed by atoms with van der Waals surface area (Å²) < 4.78 is 2.19.